The Morgan fingerprint density at radius 1 is 1.39 bits per heavy atom. The minimum atomic E-state index is -0.342. The van der Waals surface area contributed by atoms with Crippen LogP contribution in [0.4, 0.5) is 4.39 Å². The zero-order valence-electron chi connectivity index (χ0n) is 11.5. The molecule has 0 radical (unpaired) electrons. The van der Waals surface area contributed by atoms with E-state index in [4.69, 9.17) is 0 Å². The molecule has 0 spiro atoms. The zero-order valence-corrected chi connectivity index (χ0v) is 12.4. The fraction of sp³-hybridized carbons (Fsp3) is 0.467. The summed E-state index contributed by atoms with van der Waals surface area (Å²) < 4.78 is 12.8. The second kappa shape index (κ2) is 7.59. The maximum atomic E-state index is 12.8. The molecule has 0 heterocycles. The molecule has 100 valence electrons. The molecule has 18 heavy (non-hydrogen) atoms. The van der Waals surface area contributed by atoms with Gasteiger partial charge in [0.25, 0.3) is 0 Å². The first-order chi connectivity index (χ1) is 8.63. The van der Waals surface area contributed by atoms with Gasteiger partial charge in [-0.25, -0.2) is 4.39 Å². The summed E-state index contributed by atoms with van der Waals surface area (Å²) in [6, 6.07) is 8.30. The summed E-state index contributed by atoms with van der Waals surface area (Å²) in [6.45, 7) is 3.82. The highest BCUT2D eigenvalue weighted by Gasteiger charge is 2.16. The predicted molar refractivity (Wildman–Crippen MR) is 80.8 cm³/mol. The summed E-state index contributed by atoms with van der Waals surface area (Å²) in [5.41, 5.74) is 3.66. The van der Waals surface area contributed by atoms with Crippen molar-refractivity contribution in [3.63, 3.8) is 0 Å². The van der Waals surface area contributed by atoms with Crippen molar-refractivity contribution in [2.45, 2.75) is 25.8 Å². The minimum absolute atomic E-state index is 0.112. The first-order valence-electron chi connectivity index (χ1n) is 6.17. The molecule has 2 atom stereocenters. The van der Waals surface area contributed by atoms with Crippen LogP contribution in [0.1, 0.15) is 30.9 Å². The molecule has 0 aliphatic carbocycles. The highest BCUT2D eigenvalue weighted by atomic mass is 32.2. The van der Waals surface area contributed by atoms with Crippen LogP contribution in [0.5, 0.6) is 0 Å². The van der Waals surface area contributed by atoms with Crippen LogP contribution >= 0.6 is 11.8 Å². The average molecular weight is 267 g/mol. The largest absolute Gasteiger partial charge is 0.314 e. The van der Waals surface area contributed by atoms with Gasteiger partial charge < -0.3 is 5.32 Å². The number of rotatable bonds is 6. The molecular formula is C15H22FNS. The van der Waals surface area contributed by atoms with Crippen LogP contribution in [0, 0.1) is 0 Å². The smallest absolute Gasteiger partial charge is 0.105 e. The summed E-state index contributed by atoms with van der Waals surface area (Å²) in [4.78, 5) is 0. The van der Waals surface area contributed by atoms with E-state index in [-0.39, 0.29) is 18.6 Å². The molecule has 0 fully saturated rings. The zero-order chi connectivity index (χ0) is 13.5. The Bertz CT molecular complexity index is 382. The van der Waals surface area contributed by atoms with Gasteiger partial charge in [-0.3, -0.25) is 0 Å². The molecule has 3 heteroatoms. The van der Waals surface area contributed by atoms with E-state index in [1.807, 2.05) is 0 Å². The van der Waals surface area contributed by atoms with Gasteiger partial charge in [0, 0.05) is 6.04 Å². The van der Waals surface area contributed by atoms with E-state index < -0.39 is 0 Å². The van der Waals surface area contributed by atoms with Gasteiger partial charge in [0.15, 0.2) is 0 Å². The third-order valence-corrected chi connectivity index (χ3v) is 3.92. The van der Waals surface area contributed by atoms with Gasteiger partial charge in [-0.15, -0.1) is 11.8 Å². The van der Waals surface area contributed by atoms with Crippen molar-refractivity contribution >= 4 is 17.3 Å². The van der Waals surface area contributed by atoms with Gasteiger partial charge in [-0.1, -0.05) is 31.2 Å². The molecule has 1 aromatic carbocycles. The van der Waals surface area contributed by atoms with Crippen LogP contribution < -0.4 is 5.32 Å². The standard InChI is InChI=1S/C15H22FNS/c1-11(10-18-4)13-5-7-14(8-6-13)12(2)15(9-16)17-3/h5-8,10,12,15,17H,9H2,1-4H3/b11-10+. The lowest BCUT2D eigenvalue weighted by atomic mass is 9.92. The van der Waals surface area contributed by atoms with Gasteiger partial charge in [0.2, 0.25) is 0 Å². The van der Waals surface area contributed by atoms with E-state index >= 15 is 0 Å². The first kappa shape index (κ1) is 15.3. The second-order valence-corrected chi connectivity index (χ2v) is 5.20. The Morgan fingerprint density at radius 2 is 2.00 bits per heavy atom. The number of allylic oxidation sites excluding steroid dienone is 1. The van der Waals surface area contributed by atoms with Crippen molar-refractivity contribution < 1.29 is 4.39 Å². The quantitative estimate of drug-likeness (QED) is 0.834. The SMILES string of the molecule is CNC(CF)C(C)c1ccc(/C(C)=C/SC)cc1. The lowest BCUT2D eigenvalue weighted by molar-refractivity contribution is 0.357. The van der Waals surface area contributed by atoms with Crippen molar-refractivity contribution in [1.29, 1.82) is 0 Å². The van der Waals surface area contributed by atoms with Gasteiger partial charge in [-0.2, -0.15) is 0 Å². The summed E-state index contributed by atoms with van der Waals surface area (Å²) in [5, 5.41) is 5.15. The summed E-state index contributed by atoms with van der Waals surface area (Å²) in [5.74, 6) is 0.180. The molecule has 1 nitrogen and oxygen atoms in total. The van der Waals surface area contributed by atoms with E-state index in [0.717, 1.165) is 0 Å². The number of thioether (sulfide) groups is 1. The molecule has 1 aromatic rings. The number of likely N-dealkylation sites (N-methyl/N-ethyl adjacent to an activating group) is 1. The normalized spacial score (nSPS) is 15.5. The Balaban J connectivity index is 2.85. The molecule has 0 saturated carbocycles. The Kier molecular flexibility index (Phi) is 6.44. The van der Waals surface area contributed by atoms with E-state index in [1.165, 1.54) is 16.7 Å². The molecule has 1 N–H and O–H groups in total. The van der Waals surface area contributed by atoms with Crippen LogP contribution in [0.2, 0.25) is 0 Å². The number of halogens is 1. The van der Waals surface area contributed by atoms with Crippen molar-refractivity contribution in [2.24, 2.45) is 0 Å². The maximum absolute atomic E-state index is 12.8. The maximum Gasteiger partial charge on any atom is 0.105 e. The monoisotopic (exact) mass is 267 g/mol. The van der Waals surface area contributed by atoms with Gasteiger partial charge in [-0.05, 0) is 48.3 Å². The number of alkyl halides is 1. The topological polar surface area (TPSA) is 12.0 Å². The molecule has 0 aromatic heterocycles. The Morgan fingerprint density at radius 3 is 2.44 bits per heavy atom. The number of benzene rings is 1. The summed E-state index contributed by atoms with van der Waals surface area (Å²) >= 11 is 1.71. The van der Waals surface area contributed by atoms with E-state index in [2.05, 4.69) is 55.1 Å². The average Bonchev–Trinajstić information content (AvgIpc) is 2.40. The van der Waals surface area contributed by atoms with Crippen LogP contribution in [0.15, 0.2) is 29.7 Å². The molecule has 0 saturated heterocycles. The minimum Gasteiger partial charge on any atom is -0.314 e. The van der Waals surface area contributed by atoms with Crippen molar-refractivity contribution in [1.82, 2.24) is 5.32 Å². The lowest BCUT2D eigenvalue weighted by Crippen LogP contribution is -2.32. The highest BCUT2D eigenvalue weighted by Crippen LogP contribution is 2.23. The van der Waals surface area contributed by atoms with Gasteiger partial charge >= 0.3 is 0 Å². The summed E-state index contributed by atoms with van der Waals surface area (Å²) in [7, 11) is 1.81. The van der Waals surface area contributed by atoms with Gasteiger partial charge in [0.05, 0.1) is 0 Å². The van der Waals surface area contributed by atoms with E-state index in [1.54, 1.807) is 18.8 Å². The predicted octanol–water partition coefficient (Wildman–Crippen LogP) is 4.07. The molecule has 0 bridgehead atoms. The van der Waals surface area contributed by atoms with Crippen LogP contribution in [0.25, 0.3) is 5.57 Å². The Labute approximate surface area is 114 Å². The fourth-order valence-corrected chi connectivity index (χ4v) is 2.48. The molecular weight excluding hydrogens is 245 g/mol. The van der Waals surface area contributed by atoms with Crippen LogP contribution in [-0.2, 0) is 0 Å². The molecule has 0 aliphatic heterocycles. The third kappa shape index (κ3) is 3.85. The highest BCUT2D eigenvalue weighted by molar-refractivity contribution is 8.01. The second-order valence-electron chi connectivity index (χ2n) is 4.50. The fourth-order valence-electron chi connectivity index (χ4n) is 1.99. The molecule has 0 amide bonds. The van der Waals surface area contributed by atoms with Crippen LogP contribution in [0.3, 0.4) is 0 Å². The summed E-state index contributed by atoms with van der Waals surface area (Å²) in [6.07, 6.45) is 2.05. The van der Waals surface area contributed by atoms with Crippen LogP contribution in [-0.4, -0.2) is 26.0 Å². The van der Waals surface area contributed by atoms with E-state index in [9.17, 15) is 4.39 Å². The van der Waals surface area contributed by atoms with Crippen molar-refractivity contribution in [2.75, 3.05) is 20.0 Å². The molecule has 0 aliphatic rings. The number of hydrogen-bond acceptors (Lipinski definition) is 2. The third-order valence-electron chi connectivity index (χ3n) is 3.33. The van der Waals surface area contributed by atoms with Gasteiger partial charge in [0.1, 0.15) is 6.67 Å². The molecule has 2 unspecified atom stereocenters. The lowest BCUT2D eigenvalue weighted by Gasteiger charge is -2.21. The first-order valence-corrected chi connectivity index (χ1v) is 7.46. The Hall–Kier alpha value is -0.800. The van der Waals surface area contributed by atoms with Crippen molar-refractivity contribution in [3.8, 4) is 0 Å². The number of nitrogens with one attached hydrogen (secondary N) is 1. The van der Waals surface area contributed by atoms with Crippen molar-refractivity contribution in [3.05, 3.63) is 40.8 Å². The number of hydrogen-bond donors (Lipinski definition) is 1. The van der Waals surface area contributed by atoms with E-state index in [0.29, 0.717) is 0 Å². The molecule has 1 rings (SSSR count).